The Kier molecular flexibility index (Phi) is 1.86. The fourth-order valence-corrected chi connectivity index (χ4v) is 3.49. The smallest absolute Gasteiger partial charge is 0.0467 e. The second-order valence-electron chi connectivity index (χ2n) is 4.64. The van der Waals surface area contributed by atoms with Crippen LogP contribution in [0.3, 0.4) is 0 Å². The van der Waals surface area contributed by atoms with Gasteiger partial charge >= 0.3 is 0 Å². The molecule has 0 nitrogen and oxygen atoms in total. The van der Waals surface area contributed by atoms with E-state index in [1.54, 1.807) is 5.57 Å². The van der Waals surface area contributed by atoms with E-state index in [0.717, 1.165) is 0 Å². The highest BCUT2D eigenvalue weighted by Crippen LogP contribution is 2.60. The predicted octanol–water partition coefficient (Wildman–Crippen LogP) is 3.50. The third-order valence-electron chi connectivity index (χ3n) is 3.33. The Bertz CT molecular complexity index is 233. The molecule has 12 heavy (non-hydrogen) atoms. The average molecular weight is 200 g/mol. The van der Waals surface area contributed by atoms with E-state index in [4.69, 9.17) is 0 Å². The molecule has 1 aliphatic carbocycles. The van der Waals surface area contributed by atoms with Crippen molar-refractivity contribution in [3.8, 4) is 0 Å². The number of hydrogen-bond donors (Lipinski definition) is 1. The summed E-state index contributed by atoms with van der Waals surface area (Å²) in [6, 6.07) is 0. The minimum atomic E-state index is 0.335. The fraction of sp³-hybridized carbons (Fsp3) is 0.800. The molecule has 2 aliphatic rings. The first-order valence-electron chi connectivity index (χ1n) is 4.53. The molecule has 1 spiro atoms. The van der Waals surface area contributed by atoms with Crippen LogP contribution >= 0.6 is 24.4 Å². The van der Waals surface area contributed by atoms with Crippen molar-refractivity contribution in [2.75, 3.05) is 5.75 Å². The Morgan fingerprint density at radius 2 is 1.92 bits per heavy atom. The van der Waals surface area contributed by atoms with E-state index in [9.17, 15) is 0 Å². The largest absolute Gasteiger partial charge is 0.148 e. The fourth-order valence-electron chi connectivity index (χ4n) is 1.99. The number of allylic oxidation sites excluding steroid dienone is 1. The molecular formula is C10H16S2. The van der Waals surface area contributed by atoms with E-state index in [2.05, 4.69) is 45.2 Å². The molecule has 0 amide bonds. The topological polar surface area (TPSA) is 0 Å². The monoisotopic (exact) mass is 200 g/mol. The summed E-state index contributed by atoms with van der Waals surface area (Å²) in [7, 11) is 0. The van der Waals surface area contributed by atoms with Crippen molar-refractivity contribution in [2.45, 2.75) is 38.4 Å². The summed E-state index contributed by atoms with van der Waals surface area (Å²) in [4.78, 5) is 1.35. The number of rotatable bonds is 0. The summed E-state index contributed by atoms with van der Waals surface area (Å²) >= 11 is 6.75. The Hall–Kier alpha value is 0.440. The molecule has 0 bridgehead atoms. The normalized spacial score (nSPS) is 39.0. The van der Waals surface area contributed by atoms with E-state index in [1.807, 2.05) is 0 Å². The van der Waals surface area contributed by atoms with Gasteiger partial charge in [-0.3, -0.25) is 0 Å². The third-order valence-corrected chi connectivity index (χ3v) is 5.76. The molecule has 0 saturated carbocycles. The van der Waals surface area contributed by atoms with Crippen molar-refractivity contribution >= 4 is 24.4 Å². The van der Waals surface area contributed by atoms with Crippen molar-refractivity contribution in [3.05, 3.63) is 10.5 Å². The maximum atomic E-state index is 4.66. The van der Waals surface area contributed by atoms with Crippen LogP contribution in [0.1, 0.15) is 33.6 Å². The molecule has 0 aromatic heterocycles. The van der Waals surface area contributed by atoms with Gasteiger partial charge in [0.1, 0.15) is 0 Å². The molecule has 2 heteroatoms. The molecule has 68 valence electrons. The quantitative estimate of drug-likeness (QED) is 0.461. The maximum absolute atomic E-state index is 4.66. The van der Waals surface area contributed by atoms with Gasteiger partial charge in [-0.2, -0.15) is 0 Å². The lowest BCUT2D eigenvalue weighted by molar-refractivity contribution is 0.376. The molecule has 0 N–H and O–H groups in total. The van der Waals surface area contributed by atoms with E-state index in [-0.39, 0.29) is 0 Å². The summed E-state index contributed by atoms with van der Waals surface area (Å²) in [5.74, 6) is 1.33. The van der Waals surface area contributed by atoms with Crippen LogP contribution in [0.25, 0.3) is 0 Å². The molecule has 0 radical (unpaired) electrons. The summed E-state index contributed by atoms with van der Waals surface area (Å²) in [5, 5.41) is 0. The SMILES string of the molecule is CC1=C(S)C(C)(C)CC[C@]12CS2. The second kappa shape index (κ2) is 2.48. The minimum absolute atomic E-state index is 0.335. The van der Waals surface area contributed by atoms with Gasteiger partial charge in [-0.25, -0.2) is 0 Å². The molecule has 2 rings (SSSR count). The third kappa shape index (κ3) is 1.15. The van der Waals surface area contributed by atoms with Gasteiger partial charge < -0.3 is 0 Å². The second-order valence-corrected chi connectivity index (χ2v) is 6.45. The van der Waals surface area contributed by atoms with Gasteiger partial charge in [0.05, 0.1) is 0 Å². The molecule has 0 aromatic rings. The molecule has 0 aromatic carbocycles. The molecule has 1 heterocycles. The highest BCUT2D eigenvalue weighted by atomic mass is 32.2. The standard InChI is InChI=1S/C10H16S2/c1-7-8(11)9(2,3)4-5-10(7)6-12-10/h11H,4-6H2,1-3H3/t10-/m0/s1. The predicted molar refractivity (Wildman–Crippen MR) is 59.9 cm³/mol. The first kappa shape index (κ1) is 9.01. The van der Waals surface area contributed by atoms with Crippen molar-refractivity contribution in [3.63, 3.8) is 0 Å². The van der Waals surface area contributed by atoms with Crippen LogP contribution in [0.15, 0.2) is 10.5 Å². The van der Waals surface area contributed by atoms with E-state index < -0.39 is 0 Å². The van der Waals surface area contributed by atoms with E-state index in [1.165, 1.54) is 23.5 Å². The van der Waals surface area contributed by atoms with E-state index in [0.29, 0.717) is 10.2 Å². The van der Waals surface area contributed by atoms with Crippen molar-refractivity contribution < 1.29 is 0 Å². The van der Waals surface area contributed by atoms with Crippen LogP contribution < -0.4 is 0 Å². The van der Waals surface area contributed by atoms with Crippen molar-refractivity contribution in [1.82, 2.24) is 0 Å². The van der Waals surface area contributed by atoms with Crippen LogP contribution in [0.5, 0.6) is 0 Å². The Labute approximate surface area is 84.6 Å². The van der Waals surface area contributed by atoms with Gasteiger partial charge in [0, 0.05) is 10.5 Å². The van der Waals surface area contributed by atoms with Gasteiger partial charge in [-0.1, -0.05) is 13.8 Å². The molecule has 0 unspecified atom stereocenters. The van der Waals surface area contributed by atoms with Gasteiger partial charge in [0.15, 0.2) is 0 Å². The molecule has 1 atom stereocenters. The van der Waals surface area contributed by atoms with Crippen molar-refractivity contribution in [1.29, 1.82) is 0 Å². The van der Waals surface area contributed by atoms with Crippen LogP contribution in [0.4, 0.5) is 0 Å². The molecule has 1 saturated heterocycles. The summed E-state index contributed by atoms with van der Waals surface area (Å²) < 4.78 is 0.534. The maximum Gasteiger partial charge on any atom is 0.0467 e. The van der Waals surface area contributed by atoms with Crippen LogP contribution in [0, 0.1) is 5.41 Å². The zero-order valence-corrected chi connectivity index (χ0v) is 9.69. The number of thioether (sulfide) groups is 1. The molecule has 1 aliphatic heterocycles. The van der Waals surface area contributed by atoms with Gasteiger partial charge in [0.2, 0.25) is 0 Å². The van der Waals surface area contributed by atoms with Crippen molar-refractivity contribution in [2.24, 2.45) is 5.41 Å². The Morgan fingerprint density at radius 1 is 1.33 bits per heavy atom. The highest BCUT2D eigenvalue weighted by Gasteiger charge is 2.50. The average Bonchev–Trinajstić information content (AvgIpc) is 2.77. The first-order chi connectivity index (χ1) is 5.48. The van der Waals surface area contributed by atoms with Gasteiger partial charge in [-0.05, 0) is 35.7 Å². The number of thiol groups is 1. The van der Waals surface area contributed by atoms with Crippen LogP contribution in [0.2, 0.25) is 0 Å². The summed E-state index contributed by atoms with van der Waals surface area (Å²) in [6.07, 6.45) is 2.66. The molecular weight excluding hydrogens is 184 g/mol. The Balaban J connectivity index is 2.39. The van der Waals surface area contributed by atoms with Gasteiger partial charge in [-0.15, -0.1) is 24.4 Å². The lowest BCUT2D eigenvalue weighted by atomic mass is 9.75. The Morgan fingerprint density at radius 3 is 2.42 bits per heavy atom. The lowest BCUT2D eigenvalue weighted by Gasteiger charge is -2.35. The molecule has 1 fully saturated rings. The summed E-state index contributed by atoms with van der Waals surface area (Å²) in [5.41, 5.74) is 1.88. The van der Waals surface area contributed by atoms with Gasteiger partial charge in [0.25, 0.3) is 0 Å². The van der Waals surface area contributed by atoms with Crippen LogP contribution in [-0.4, -0.2) is 10.5 Å². The summed E-state index contributed by atoms with van der Waals surface area (Å²) in [6.45, 7) is 6.88. The first-order valence-corrected chi connectivity index (χ1v) is 5.96. The minimum Gasteiger partial charge on any atom is -0.148 e. The lowest BCUT2D eigenvalue weighted by Crippen LogP contribution is -2.27. The number of hydrogen-bond acceptors (Lipinski definition) is 2. The zero-order valence-electron chi connectivity index (χ0n) is 7.98. The zero-order chi connectivity index (χ0) is 8.98. The highest BCUT2D eigenvalue weighted by molar-refractivity contribution is 8.08. The van der Waals surface area contributed by atoms with E-state index >= 15 is 0 Å². The van der Waals surface area contributed by atoms with Crippen LogP contribution in [-0.2, 0) is 0 Å².